The van der Waals surface area contributed by atoms with Gasteiger partial charge in [0, 0.05) is 50.2 Å². The van der Waals surface area contributed by atoms with Crippen LogP contribution in [0.15, 0.2) is 34.8 Å². The van der Waals surface area contributed by atoms with E-state index in [1.165, 1.54) is 6.20 Å². The van der Waals surface area contributed by atoms with Gasteiger partial charge in [0.2, 0.25) is 0 Å². The Labute approximate surface area is 84.5 Å². The second kappa shape index (κ2) is 5.21. The van der Waals surface area contributed by atoms with Crippen LogP contribution in [0.1, 0.15) is 6.92 Å². The fourth-order valence-electron chi connectivity index (χ4n) is 1.32. The van der Waals surface area contributed by atoms with Gasteiger partial charge in [-0.05, 0) is 0 Å². The minimum Gasteiger partial charge on any atom is -0.403 e. The van der Waals surface area contributed by atoms with E-state index in [1.54, 1.807) is 12.4 Å². The van der Waals surface area contributed by atoms with E-state index in [0.717, 1.165) is 0 Å². The summed E-state index contributed by atoms with van der Waals surface area (Å²) in [6.45, 7) is 2.10. The quantitative estimate of drug-likeness (QED) is 0.678. The molecule has 0 saturated heterocycles. The summed E-state index contributed by atoms with van der Waals surface area (Å²) in [5.74, 6) is 0.310. The maximum Gasteiger partial charge on any atom is 0.0711 e. The summed E-state index contributed by atoms with van der Waals surface area (Å²) in [6, 6.07) is 0.273. The van der Waals surface area contributed by atoms with E-state index in [1.807, 2.05) is 25.7 Å². The SMILES string of the molecule is CC(C=N/C=C\N)C1C=NC=CN1C. The average molecular weight is 192 g/mol. The highest BCUT2D eigenvalue weighted by molar-refractivity contribution is 5.75. The van der Waals surface area contributed by atoms with Crippen molar-refractivity contribution in [2.75, 3.05) is 7.05 Å². The van der Waals surface area contributed by atoms with E-state index in [2.05, 4.69) is 21.8 Å². The largest absolute Gasteiger partial charge is 0.403 e. The minimum atomic E-state index is 0.273. The first-order valence-corrected chi connectivity index (χ1v) is 4.57. The fourth-order valence-corrected chi connectivity index (χ4v) is 1.32. The molecule has 4 nitrogen and oxygen atoms in total. The van der Waals surface area contributed by atoms with Crippen molar-refractivity contribution >= 4 is 12.4 Å². The maximum atomic E-state index is 5.18. The van der Waals surface area contributed by atoms with Crippen LogP contribution in [-0.2, 0) is 0 Å². The van der Waals surface area contributed by atoms with E-state index in [9.17, 15) is 0 Å². The summed E-state index contributed by atoms with van der Waals surface area (Å²) >= 11 is 0. The summed E-state index contributed by atoms with van der Waals surface area (Å²) in [5.41, 5.74) is 5.18. The zero-order valence-corrected chi connectivity index (χ0v) is 8.54. The van der Waals surface area contributed by atoms with Crippen LogP contribution in [0.2, 0.25) is 0 Å². The number of hydrogen-bond donors (Lipinski definition) is 1. The standard InChI is InChI=1S/C10H16N4/c1-9(7-12-4-3-11)10-8-13-5-6-14(10)2/h3-10H,11H2,1-2H3/b4-3-,12-7?. The third kappa shape index (κ3) is 2.73. The second-order valence-electron chi connectivity index (χ2n) is 3.25. The summed E-state index contributed by atoms with van der Waals surface area (Å²) in [4.78, 5) is 10.3. The molecule has 76 valence electrons. The zero-order chi connectivity index (χ0) is 10.4. The summed E-state index contributed by atoms with van der Waals surface area (Å²) in [7, 11) is 2.02. The number of hydrogen-bond acceptors (Lipinski definition) is 4. The highest BCUT2D eigenvalue weighted by Crippen LogP contribution is 2.09. The molecule has 0 aliphatic carbocycles. The van der Waals surface area contributed by atoms with Gasteiger partial charge in [0.25, 0.3) is 0 Å². The molecule has 2 N–H and O–H groups in total. The summed E-state index contributed by atoms with van der Waals surface area (Å²) in [6.07, 6.45) is 10.5. The first-order chi connectivity index (χ1) is 6.75. The fraction of sp³-hybridized carbons (Fsp3) is 0.400. The highest BCUT2D eigenvalue weighted by atomic mass is 15.1. The van der Waals surface area contributed by atoms with Crippen molar-refractivity contribution in [1.82, 2.24) is 4.90 Å². The lowest BCUT2D eigenvalue weighted by Crippen LogP contribution is -2.36. The summed E-state index contributed by atoms with van der Waals surface area (Å²) in [5, 5.41) is 0. The molecule has 0 aromatic heterocycles. The molecule has 0 amide bonds. The third-order valence-electron chi connectivity index (χ3n) is 2.13. The predicted molar refractivity (Wildman–Crippen MR) is 60.2 cm³/mol. The lowest BCUT2D eigenvalue weighted by atomic mass is 10.0. The van der Waals surface area contributed by atoms with Crippen molar-refractivity contribution in [1.29, 1.82) is 0 Å². The molecule has 0 fully saturated rings. The van der Waals surface area contributed by atoms with E-state index >= 15 is 0 Å². The molecule has 0 radical (unpaired) electrons. The van der Waals surface area contributed by atoms with Crippen molar-refractivity contribution in [3.63, 3.8) is 0 Å². The van der Waals surface area contributed by atoms with Gasteiger partial charge in [-0.2, -0.15) is 0 Å². The molecule has 0 spiro atoms. The Balaban J connectivity index is 2.56. The topological polar surface area (TPSA) is 54.0 Å². The van der Waals surface area contributed by atoms with E-state index in [4.69, 9.17) is 5.73 Å². The zero-order valence-electron chi connectivity index (χ0n) is 8.54. The molecule has 0 saturated carbocycles. The molecule has 2 unspecified atom stereocenters. The van der Waals surface area contributed by atoms with Crippen LogP contribution in [0, 0.1) is 5.92 Å². The minimum absolute atomic E-state index is 0.273. The molecule has 1 heterocycles. The van der Waals surface area contributed by atoms with Gasteiger partial charge < -0.3 is 10.6 Å². The molecule has 1 aliphatic rings. The molecular weight excluding hydrogens is 176 g/mol. The van der Waals surface area contributed by atoms with Gasteiger partial charge in [0.05, 0.1) is 6.04 Å². The lowest BCUT2D eigenvalue weighted by Gasteiger charge is -2.28. The van der Waals surface area contributed by atoms with E-state index in [0.29, 0.717) is 5.92 Å². The van der Waals surface area contributed by atoms with Crippen LogP contribution in [0.25, 0.3) is 0 Å². The van der Waals surface area contributed by atoms with E-state index in [-0.39, 0.29) is 6.04 Å². The molecule has 4 heteroatoms. The smallest absolute Gasteiger partial charge is 0.0711 e. The number of aliphatic imine (C=N–C) groups is 2. The first kappa shape index (κ1) is 10.5. The molecule has 1 aliphatic heterocycles. The van der Waals surface area contributed by atoms with Gasteiger partial charge in [0.15, 0.2) is 0 Å². The Bertz CT molecular complexity index is 278. The summed E-state index contributed by atoms with van der Waals surface area (Å²) < 4.78 is 0. The third-order valence-corrected chi connectivity index (χ3v) is 2.13. The van der Waals surface area contributed by atoms with Crippen LogP contribution < -0.4 is 5.73 Å². The van der Waals surface area contributed by atoms with Crippen molar-refractivity contribution in [2.45, 2.75) is 13.0 Å². The number of nitrogens with zero attached hydrogens (tertiary/aromatic N) is 3. The normalized spacial score (nSPS) is 23.9. The predicted octanol–water partition coefficient (Wildman–Crippen LogP) is 0.979. The van der Waals surface area contributed by atoms with Gasteiger partial charge in [-0.25, -0.2) is 0 Å². The molecule has 0 bridgehead atoms. The Morgan fingerprint density at radius 3 is 3.07 bits per heavy atom. The highest BCUT2D eigenvalue weighted by Gasteiger charge is 2.17. The Hall–Kier alpha value is -1.58. The molecule has 14 heavy (non-hydrogen) atoms. The average Bonchev–Trinajstić information content (AvgIpc) is 2.18. The Morgan fingerprint density at radius 2 is 2.43 bits per heavy atom. The van der Waals surface area contributed by atoms with Gasteiger partial charge >= 0.3 is 0 Å². The number of rotatable bonds is 3. The van der Waals surface area contributed by atoms with Gasteiger partial charge in [0.1, 0.15) is 0 Å². The molecule has 0 aromatic rings. The van der Waals surface area contributed by atoms with Crippen molar-refractivity contribution in [3.05, 3.63) is 24.8 Å². The maximum absolute atomic E-state index is 5.18. The number of nitrogens with two attached hydrogens (primary N) is 1. The Kier molecular flexibility index (Phi) is 3.91. The van der Waals surface area contributed by atoms with Crippen LogP contribution >= 0.6 is 0 Å². The van der Waals surface area contributed by atoms with Gasteiger partial charge in [-0.1, -0.05) is 6.92 Å². The van der Waals surface area contributed by atoms with Crippen LogP contribution in [0.3, 0.4) is 0 Å². The molecule has 2 atom stereocenters. The van der Waals surface area contributed by atoms with Crippen molar-refractivity contribution in [2.24, 2.45) is 21.6 Å². The molecular formula is C10H16N4. The monoisotopic (exact) mass is 192 g/mol. The first-order valence-electron chi connectivity index (χ1n) is 4.57. The lowest BCUT2D eigenvalue weighted by molar-refractivity contribution is 0.364. The molecule has 1 rings (SSSR count). The van der Waals surface area contributed by atoms with Crippen molar-refractivity contribution < 1.29 is 0 Å². The Morgan fingerprint density at radius 1 is 1.64 bits per heavy atom. The van der Waals surface area contributed by atoms with Gasteiger partial charge in [-0.3, -0.25) is 9.98 Å². The molecule has 0 aromatic carbocycles. The van der Waals surface area contributed by atoms with Gasteiger partial charge in [-0.15, -0.1) is 0 Å². The van der Waals surface area contributed by atoms with Crippen LogP contribution in [-0.4, -0.2) is 30.4 Å². The van der Waals surface area contributed by atoms with Crippen molar-refractivity contribution in [3.8, 4) is 0 Å². The van der Waals surface area contributed by atoms with Crippen LogP contribution in [0.4, 0.5) is 0 Å². The van der Waals surface area contributed by atoms with E-state index < -0.39 is 0 Å². The second-order valence-corrected chi connectivity index (χ2v) is 3.25. The van der Waals surface area contributed by atoms with Crippen LogP contribution in [0.5, 0.6) is 0 Å².